The molecular weight excluding hydrogens is 287 g/mol. The highest BCUT2D eigenvalue weighted by Gasteiger charge is 2.28. The highest BCUT2D eigenvalue weighted by atomic mass is 19.1. The number of rotatable bonds is 5. The number of nitrogens with one attached hydrogen (secondary N) is 1. The molecule has 22 heavy (non-hydrogen) atoms. The predicted molar refractivity (Wildman–Crippen MR) is 76.3 cm³/mol. The first-order valence-corrected chi connectivity index (χ1v) is 7.21. The summed E-state index contributed by atoms with van der Waals surface area (Å²) in [6.07, 6.45) is 4.60. The number of carbonyl (C=O) groups excluding carboxylic acids is 1. The first-order chi connectivity index (χ1) is 10.7. The van der Waals surface area contributed by atoms with Gasteiger partial charge in [-0.05, 0) is 30.5 Å². The van der Waals surface area contributed by atoms with E-state index in [0.29, 0.717) is 6.61 Å². The number of benzene rings is 1. The summed E-state index contributed by atoms with van der Waals surface area (Å²) in [5.74, 6) is -0.487. The molecule has 1 aromatic carbocycles. The highest BCUT2D eigenvalue weighted by molar-refractivity contribution is 5.76. The number of hydrogen-bond donors (Lipinski definition) is 1. The lowest BCUT2D eigenvalue weighted by atomic mass is 9.99. The Morgan fingerprint density at radius 3 is 2.91 bits per heavy atom. The highest BCUT2D eigenvalue weighted by Crippen LogP contribution is 2.27. The van der Waals surface area contributed by atoms with Crippen LogP contribution in [0.3, 0.4) is 0 Å². The smallest absolute Gasteiger partial charge is 0.242 e. The summed E-state index contributed by atoms with van der Waals surface area (Å²) in [4.78, 5) is 16.0. The largest absolute Gasteiger partial charge is 0.376 e. The van der Waals surface area contributed by atoms with Crippen LogP contribution in [0.1, 0.15) is 24.4 Å². The Labute approximate surface area is 127 Å². The lowest BCUT2D eigenvalue weighted by Gasteiger charge is -2.24. The van der Waals surface area contributed by atoms with Gasteiger partial charge in [-0.2, -0.15) is 5.10 Å². The maximum atomic E-state index is 13.1. The molecule has 1 saturated heterocycles. The second-order valence-corrected chi connectivity index (χ2v) is 5.24. The molecule has 6 nitrogen and oxygen atoms in total. The second-order valence-electron chi connectivity index (χ2n) is 5.24. The average molecular weight is 304 g/mol. The van der Waals surface area contributed by atoms with Crippen molar-refractivity contribution in [1.82, 2.24) is 20.1 Å². The number of aromatic nitrogens is 3. The van der Waals surface area contributed by atoms with Gasteiger partial charge in [0, 0.05) is 6.61 Å². The maximum absolute atomic E-state index is 13.1. The fourth-order valence-electron chi connectivity index (χ4n) is 2.61. The summed E-state index contributed by atoms with van der Waals surface area (Å²) < 4.78 is 20.2. The SMILES string of the molecule is O=C(Cn1cncn1)N[C@H](c1ccc(F)cc1)[C@H]1CCCO1. The third-order valence-corrected chi connectivity index (χ3v) is 3.65. The van der Waals surface area contributed by atoms with E-state index in [4.69, 9.17) is 4.74 Å². The van der Waals surface area contributed by atoms with Crippen molar-refractivity contribution in [3.05, 3.63) is 48.3 Å². The zero-order valence-corrected chi connectivity index (χ0v) is 12.0. The third-order valence-electron chi connectivity index (χ3n) is 3.65. The number of ether oxygens (including phenoxy) is 1. The zero-order chi connectivity index (χ0) is 15.4. The summed E-state index contributed by atoms with van der Waals surface area (Å²) in [5.41, 5.74) is 0.834. The predicted octanol–water partition coefficient (Wildman–Crippen LogP) is 1.45. The third kappa shape index (κ3) is 3.48. The second kappa shape index (κ2) is 6.65. The van der Waals surface area contributed by atoms with Crippen LogP contribution < -0.4 is 5.32 Å². The van der Waals surface area contributed by atoms with Crippen LogP contribution in [0.2, 0.25) is 0 Å². The Balaban J connectivity index is 1.73. The van der Waals surface area contributed by atoms with Gasteiger partial charge in [-0.15, -0.1) is 0 Å². The summed E-state index contributed by atoms with van der Waals surface area (Å²) in [6, 6.07) is 5.84. The molecule has 0 bridgehead atoms. The molecule has 3 rings (SSSR count). The Morgan fingerprint density at radius 1 is 1.45 bits per heavy atom. The Bertz CT molecular complexity index is 609. The molecule has 2 atom stereocenters. The van der Waals surface area contributed by atoms with Crippen molar-refractivity contribution >= 4 is 5.91 Å². The molecule has 2 heterocycles. The van der Waals surface area contributed by atoms with Crippen LogP contribution in [0.5, 0.6) is 0 Å². The van der Waals surface area contributed by atoms with Crippen molar-refractivity contribution in [3.8, 4) is 0 Å². The standard InChI is InChI=1S/C15H17FN4O2/c16-12-5-3-11(4-6-12)15(13-2-1-7-22-13)19-14(21)8-20-10-17-9-18-20/h3-6,9-10,13,15H,1-2,7-8H2,(H,19,21)/t13-,15-/m1/s1. The van der Waals surface area contributed by atoms with E-state index >= 15 is 0 Å². The van der Waals surface area contributed by atoms with Gasteiger partial charge in [-0.1, -0.05) is 12.1 Å². The van der Waals surface area contributed by atoms with Crippen molar-refractivity contribution < 1.29 is 13.9 Å². The van der Waals surface area contributed by atoms with Gasteiger partial charge in [0.15, 0.2) is 0 Å². The van der Waals surface area contributed by atoms with E-state index in [2.05, 4.69) is 15.4 Å². The number of halogens is 1. The molecule has 1 N–H and O–H groups in total. The fraction of sp³-hybridized carbons (Fsp3) is 0.400. The molecule has 0 radical (unpaired) electrons. The van der Waals surface area contributed by atoms with Gasteiger partial charge in [0.05, 0.1) is 12.1 Å². The van der Waals surface area contributed by atoms with Crippen molar-refractivity contribution in [1.29, 1.82) is 0 Å². The lowest BCUT2D eigenvalue weighted by molar-refractivity contribution is -0.123. The molecule has 1 amide bonds. The minimum Gasteiger partial charge on any atom is -0.376 e. The quantitative estimate of drug-likeness (QED) is 0.908. The van der Waals surface area contributed by atoms with Crippen molar-refractivity contribution in [2.24, 2.45) is 0 Å². The number of carbonyl (C=O) groups is 1. The maximum Gasteiger partial charge on any atom is 0.242 e. The van der Waals surface area contributed by atoms with E-state index in [1.54, 1.807) is 12.1 Å². The van der Waals surface area contributed by atoms with E-state index in [1.165, 1.54) is 29.5 Å². The van der Waals surface area contributed by atoms with Crippen LogP contribution in [-0.4, -0.2) is 33.4 Å². The minimum atomic E-state index is -0.302. The molecule has 0 aliphatic carbocycles. The van der Waals surface area contributed by atoms with Gasteiger partial charge in [0.2, 0.25) is 5.91 Å². The number of hydrogen-bond acceptors (Lipinski definition) is 4. The molecule has 1 aliphatic rings. The normalized spacial score (nSPS) is 19.0. The van der Waals surface area contributed by atoms with Crippen LogP contribution >= 0.6 is 0 Å². The number of nitrogens with zero attached hydrogens (tertiary/aromatic N) is 3. The first-order valence-electron chi connectivity index (χ1n) is 7.21. The van der Waals surface area contributed by atoms with Crippen molar-refractivity contribution in [3.63, 3.8) is 0 Å². The molecule has 1 aliphatic heterocycles. The van der Waals surface area contributed by atoms with E-state index in [9.17, 15) is 9.18 Å². The molecule has 1 aromatic heterocycles. The van der Waals surface area contributed by atoms with Gasteiger partial charge >= 0.3 is 0 Å². The molecule has 2 aromatic rings. The molecule has 0 saturated carbocycles. The van der Waals surface area contributed by atoms with Gasteiger partial charge < -0.3 is 10.1 Å². The van der Waals surface area contributed by atoms with E-state index in [0.717, 1.165) is 18.4 Å². The monoisotopic (exact) mass is 304 g/mol. The Hall–Kier alpha value is -2.28. The van der Waals surface area contributed by atoms with Crippen LogP contribution in [0.15, 0.2) is 36.9 Å². The van der Waals surface area contributed by atoms with Gasteiger partial charge in [0.1, 0.15) is 25.0 Å². The van der Waals surface area contributed by atoms with E-state index in [-0.39, 0.29) is 30.4 Å². The van der Waals surface area contributed by atoms with E-state index in [1.807, 2.05) is 0 Å². The van der Waals surface area contributed by atoms with Crippen LogP contribution in [-0.2, 0) is 16.1 Å². The molecule has 7 heteroatoms. The summed E-state index contributed by atoms with van der Waals surface area (Å²) in [5, 5.41) is 6.87. The molecule has 116 valence electrons. The van der Waals surface area contributed by atoms with Crippen LogP contribution in [0.4, 0.5) is 4.39 Å². The average Bonchev–Trinajstić information content (AvgIpc) is 3.19. The summed E-state index contributed by atoms with van der Waals surface area (Å²) in [6.45, 7) is 0.770. The summed E-state index contributed by atoms with van der Waals surface area (Å²) >= 11 is 0. The van der Waals surface area contributed by atoms with Gasteiger partial charge in [-0.3, -0.25) is 4.79 Å². The minimum absolute atomic E-state index is 0.0877. The first kappa shape index (κ1) is 14.6. The van der Waals surface area contributed by atoms with Crippen molar-refractivity contribution in [2.75, 3.05) is 6.61 Å². The van der Waals surface area contributed by atoms with Gasteiger partial charge in [-0.25, -0.2) is 14.1 Å². The molecule has 0 unspecified atom stereocenters. The molecule has 1 fully saturated rings. The van der Waals surface area contributed by atoms with Crippen LogP contribution in [0, 0.1) is 5.82 Å². The van der Waals surface area contributed by atoms with Crippen molar-refractivity contribution in [2.45, 2.75) is 31.5 Å². The topological polar surface area (TPSA) is 69.0 Å². The molecule has 0 spiro atoms. The molecular formula is C15H17FN4O2. The zero-order valence-electron chi connectivity index (χ0n) is 12.0. The van der Waals surface area contributed by atoms with Gasteiger partial charge in [0.25, 0.3) is 0 Å². The Morgan fingerprint density at radius 2 is 2.27 bits per heavy atom. The van der Waals surface area contributed by atoms with Crippen LogP contribution in [0.25, 0.3) is 0 Å². The Kier molecular flexibility index (Phi) is 4.43. The van der Waals surface area contributed by atoms with E-state index < -0.39 is 0 Å². The fourth-order valence-corrected chi connectivity index (χ4v) is 2.61. The summed E-state index contributed by atoms with van der Waals surface area (Å²) in [7, 11) is 0. The lowest BCUT2D eigenvalue weighted by Crippen LogP contribution is -2.38. The number of amides is 1.